The maximum absolute atomic E-state index is 14.2. The molecule has 0 N–H and O–H groups in total. The van der Waals surface area contributed by atoms with Gasteiger partial charge in [0.1, 0.15) is 12.2 Å². The molecule has 3 nitrogen and oxygen atoms in total. The summed E-state index contributed by atoms with van der Waals surface area (Å²) in [6.45, 7) is 0.260. The quantitative estimate of drug-likeness (QED) is 0.0691. The first-order chi connectivity index (χ1) is 35.6. The van der Waals surface area contributed by atoms with E-state index in [1.165, 1.54) is 0 Å². The van der Waals surface area contributed by atoms with Gasteiger partial charge in [0, 0.05) is 17.7 Å². The first-order valence-corrected chi connectivity index (χ1v) is 21.3. The Morgan fingerprint density at radius 3 is 0.949 bits per heavy atom. The number of ketones is 1. The molecule has 0 aliphatic heterocycles. The molecule has 0 unspecified atom stereocenters. The minimum Gasteiger partial charge on any atom is -0.287 e. The Bertz CT molecular complexity index is 2970. The van der Waals surface area contributed by atoms with Crippen molar-refractivity contribution in [1.29, 1.82) is 5.26 Å². The summed E-state index contributed by atoms with van der Waals surface area (Å²) in [7, 11) is 0. The van der Waals surface area contributed by atoms with Crippen molar-refractivity contribution in [3.63, 3.8) is 0 Å². The smallest absolute Gasteiger partial charge is 0.287 e. The fourth-order valence-corrected chi connectivity index (χ4v) is 8.48. The summed E-state index contributed by atoms with van der Waals surface area (Å²) in [5, 5.41) is 10.0. The number of aromatic nitrogens is 1. The molecule has 6 aromatic carbocycles. The molecule has 0 aliphatic rings. The van der Waals surface area contributed by atoms with Gasteiger partial charge in [0.15, 0.2) is 6.20 Å². The zero-order chi connectivity index (χ0) is 58.6. The number of rotatable bonds is 7. The number of alkyl halides is 24. The molecule has 0 radical (unpaired) electrons. The molecule has 0 saturated heterocycles. The molecule has 0 atom stereocenters. The van der Waals surface area contributed by atoms with E-state index in [4.69, 9.17) is 5.26 Å². The van der Waals surface area contributed by atoms with Gasteiger partial charge >= 0.3 is 49.4 Å². The van der Waals surface area contributed by atoms with Crippen LogP contribution in [0.25, 0.3) is 10.9 Å². The van der Waals surface area contributed by atoms with E-state index in [0.29, 0.717) is 11.1 Å². The van der Waals surface area contributed by atoms with Gasteiger partial charge in [-0.15, -0.1) is 0 Å². The van der Waals surface area contributed by atoms with Gasteiger partial charge in [-0.05, 0) is 36.4 Å². The molecule has 7 aromatic rings. The largest absolute Gasteiger partial charge is 0.416 e. The molecule has 412 valence electrons. The maximum Gasteiger partial charge on any atom is 0.416 e. The van der Waals surface area contributed by atoms with Crippen LogP contribution in [0.2, 0.25) is 0 Å². The van der Waals surface area contributed by atoms with Crippen LogP contribution in [0.3, 0.4) is 0 Å². The molecule has 1 aromatic heterocycles. The Morgan fingerprint density at radius 2 is 0.679 bits per heavy atom. The molecular formula is C50H25BF24N2O. The van der Waals surface area contributed by atoms with E-state index in [1.54, 1.807) is 6.07 Å². The second kappa shape index (κ2) is 20.6. The second-order valence-corrected chi connectivity index (χ2v) is 17.0. The predicted octanol–water partition coefficient (Wildman–Crippen LogP) is 14.1. The summed E-state index contributed by atoms with van der Waals surface area (Å²) in [6, 6.07) is 11.9. The molecule has 28 heteroatoms. The van der Waals surface area contributed by atoms with Gasteiger partial charge in [-0.1, -0.05) is 84.9 Å². The average molecular weight is 1140 g/mol. The van der Waals surface area contributed by atoms with E-state index in [-0.39, 0.29) is 12.3 Å². The molecule has 1 heterocycles. The monoisotopic (exact) mass is 1140 g/mol. The number of hydrogen-bond donors (Lipinski definition) is 0. The standard InChI is InChI=1S/C32H12BF24.C18H13N2O/c34-25(35,36)13-1-14(26(37,38)39)6-21(5-13)33(22-7-15(27(40,41)42)2-16(8-22)28(43,44)45,23-9-17(29(46,47)48)3-18(10-23)30(49,50)51)24-11-19(31(52,53)54)4-20(12-24)32(55,56)57;19-12-15-8-4-10-17-16(15)9-5-11-20(17)13-18(21)14-6-2-1-3-7-14/h1-12H;1-11H,13H2/q-1;+1. The van der Waals surface area contributed by atoms with Crippen molar-refractivity contribution in [2.75, 3.05) is 0 Å². The third-order valence-corrected chi connectivity index (χ3v) is 11.9. The highest BCUT2D eigenvalue weighted by atomic mass is 19.4. The van der Waals surface area contributed by atoms with E-state index in [9.17, 15) is 110 Å². The number of pyridine rings is 1. The van der Waals surface area contributed by atoms with Gasteiger partial charge in [0.05, 0.1) is 55.5 Å². The summed E-state index contributed by atoms with van der Waals surface area (Å²) in [6.07, 6.45) is -52.9. The predicted molar refractivity (Wildman–Crippen MR) is 230 cm³/mol. The van der Waals surface area contributed by atoms with E-state index in [1.807, 2.05) is 65.4 Å². The molecule has 0 saturated carbocycles. The fourth-order valence-electron chi connectivity index (χ4n) is 8.48. The molecule has 7 rings (SSSR count). The van der Waals surface area contributed by atoms with E-state index in [2.05, 4.69) is 6.07 Å². The first kappa shape index (κ1) is 59.5. The van der Waals surface area contributed by atoms with Gasteiger partial charge in [-0.2, -0.15) is 137 Å². The van der Waals surface area contributed by atoms with E-state index >= 15 is 0 Å². The van der Waals surface area contributed by atoms with Crippen LogP contribution in [0.4, 0.5) is 105 Å². The third-order valence-electron chi connectivity index (χ3n) is 11.9. The number of benzene rings is 6. The van der Waals surface area contributed by atoms with Crippen molar-refractivity contribution in [2.45, 2.75) is 56.0 Å². The number of hydrogen-bond acceptors (Lipinski definition) is 2. The van der Waals surface area contributed by atoms with Crippen LogP contribution in [-0.4, -0.2) is 11.9 Å². The van der Waals surface area contributed by atoms with Crippen LogP contribution >= 0.6 is 0 Å². The van der Waals surface area contributed by atoms with Gasteiger partial charge in [0.25, 0.3) is 0 Å². The van der Waals surface area contributed by atoms with Crippen LogP contribution in [0.15, 0.2) is 140 Å². The lowest BCUT2D eigenvalue weighted by Gasteiger charge is -2.46. The lowest BCUT2D eigenvalue weighted by atomic mass is 9.12. The first-order valence-electron chi connectivity index (χ1n) is 21.3. The minimum atomic E-state index is -6.13. The van der Waals surface area contributed by atoms with Gasteiger partial charge in [-0.25, -0.2) is 0 Å². The van der Waals surface area contributed by atoms with Crippen molar-refractivity contribution < 1.29 is 115 Å². The summed E-state index contributed by atoms with van der Waals surface area (Å²) in [5.74, 6) is 0.0514. The summed E-state index contributed by atoms with van der Waals surface area (Å²) in [4.78, 5) is 12.3. The number of nitrogens with zero attached hydrogens (tertiary/aromatic N) is 2. The number of fused-ring (bicyclic) bond motifs is 1. The topological polar surface area (TPSA) is 44.7 Å². The number of carbonyl (C=O) groups is 1. The third kappa shape index (κ3) is 13.0. The summed E-state index contributed by atoms with van der Waals surface area (Å²) < 4.78 is 343. The second-order valence-electron chi connectivity index (χ2n) is 17.0. The number of nitriles is 1. The van der Waals surface area contributed by atoms with Crippen molar-refractivity contribution in [1.82, 2.24) is 0 Å². The SMILES string of the molecule is FC(F)(F)c1cc([B-](c2cc(C(F)(F)F)cc(C(F)(F)F)c2)(c2cc(C(F)(F)F)cc(C(F)(F)F)c2)c2cc(C(F)(F)F)cc(C(F)(F)F)c2)cc(C(F)(F)F)c1.N#Cc1cccc2c1ccc[n+]2CC(=O)c1ccccc1. The lowest BCUT2D eigenvalue weighted by Crippen LogP contribution is -2.75. The Hall–Kier alpha value is -7.73. The number of carbonyl (C=O) groups excluding carboxylic acids is 1. The van der Waals surface area contributed by atoms with Crippen molar-refractivity contribution >= 4 is 44.7 Å². The van der Waals surface area contributed by atoms with E-state index in [0.717, 1.165) is 10.9 Å². The Kier molecular flexibility index (Phi) is 15.7. The highest BCUT2D eigenvalue weighted by Crippen LogP contribution is 2.41. The van der Waals surface area contributed by atoms with Crippen LogP contribution in [0.5, 0.6) is 0 Å². The molecule has 0 aliphatic carbocycles. The number of Topliss-reactive ketones (excluding diaryl/α,β-unsaturated/α-hetero) is 1. The van der Waals surface area contributed by atoms with Crippen LogP contribution < -0.4 is 26.4 Å². The van der Waals surface area contributed by atoms with Crippen LogP contribution in [0, 0.1) is 11.3 Å². The minimum absolute atomic E-state index is 0.0514. The molecular weight excluding hydrogens is 1110 g/mol. The molecule has 78 heavy (non-hydrogen) atoms. The van der Waals surface area contributed by atoms with Crippen LogP contribution in [-0.2, 0) is 56.0 Å². The van der Waals surface area contributed by atoms with E-state index < -0.39 is 195 Å². The summed E-state index contributed by atoms with van der Waals surface area (Å²) in [5.41, 5.74) is -28.0. The maximum atomic E-state index is 14.2. The zero-order valence-electron chi connectivity index (χ0n) is 37.9. The Balaban J connectivity index is 0.000000387. The van der Waals surface area contributed by atoms with Gasteiger partial charge < -0.3 is 0 Å². The highest BCUT2D eigenvalue weighted by molar-refractivity contribution is 7.20. The number of halogens is 24. The molecule has 0 spiro atoms. The molecule has 0 fully saturated rings. The normalized spacial score (nSPS) is 13.2. The molecule has 0 amide bonds. The highest BCUT2D eigenvalue weighted by Gasteiger charge is 2.47. The summed E-state index contributed by atoms with van der Waals surface area (Å²) >= 11 is 0. The van der Waals surface area contributed by atoms with Gasteiger partial charge in [-0.3, -0.25) is 4.79 Å². The lowest BCUT2D eigenvalue weighted by molar-refractivity contribution is -0.657. The van der Waals surface area contributed by atoms with Crippen molar-refractivity contribution in [3.05, 3.63) is 195 Å². The average Bonchev–Trinajstić information content (AvgIpc) is 3.32. The fraction of sp³-hybridized carbons (Fsp3) is 0.180. The Labute approximate surface area is 421 Å². The Morgan fingerprint density at radius 1 is 0.385 bits per heavy atom. The van der Waals surface area contributed by atoms with Crippen molar-refractivity contribution in [2.24, 2.45) is 0 Å². The van der Waals surface area contributed by atoms with Crippen LogP contribution in [0.1, 0.15) is 60.4 Å². The van der Waals surface area contributed by atoms with Gasteiger partial charge in [0.2, 0.25) is 17.8 Å². The zero-order valence-corrected chi connectivity index (χ0v) is 37.9. The van der Waals surface area contributed by atoms with Crippen molar-refractivity contribution in [3.8, 4) is 6.07 Å². The molecule has 0 bridgehead atoms.